The van der Waals surface area contributed by atoms with Gasteiger partial charge in [-0.25, -0.2) is 0 Å². The van der Waals surface area contributed by atoms with E-state index in [2.05, 4.69) is 97.1 Å². The maximum Gasteiger partial charge on any atom is 0.138 e. The van der Waals surface area contributed by atoms with Crippen molar-refractivity contribution in [2.75, 3.05) is 0 Å². The Labute approximate surface area is 324 Å². The number of allylic oxidation sites excluding steroid dienone is 6. The Morgan fingerprint density at radius 3 is 0.732 bits per heavy atom. The van der Waals surface area contributed by atoms with Gasteiger partial charge >= 0.3 is 0 Å². The average Bonchev–Trinajstić information content (AvgIpc) is 3.26. The van der Waals surface area contributed by atoms with Crippen LogP contribution in [0.25, 0.3) is 54.2 Å². The van der Waals surface area contributed by atoms with Crippen LogP contribution in [0.1, 0.15) is 22.3 Å². The van der Waals surface area contributed by atoms with Gasteiger partial charge in [0.1, 0.15) is 35.4 Å². The van der Waals surface area contributed by atoms with Gasteiger partial charge in [0.05, 0.1) is 0 Å². The van der Waals surface area contributed by atoms with E-state index in [1.54, 1.807) is 0 Å². The molecule has 4 heteroatoms. The summed E-state index contributed by atoms with van der Waals surface area (Å²) < 4.78 is 0. The van der Waals surface area contributed by atoms with Crippen molar-refractivity contribution >= 4 is 54.2 Å². The molecule has 0 N–H and O–H groups in total. The summed E-state index contributed by atoms with van der Waals surface area (Å²) in [5.41, 5.74) is 6.37. The summed E-state index contributed by atoms with van der Waals surface area (Å²) >= 11 is 0. The first-order valence-corrected chi connectivity index (χ1v) is 18.2. The SMILES string of the molecule is N#CC(C#N)=C1C(=C(c2ccc3ccccc3c2)c2ccc3ccccc3c2)C(=C(C#N)C#N)C1=C(c1ccc2ccccc2c1)c1ccc2ccccc2c1. The molecule has 256 valence electrons. The van der Waals surface area contributed by atoms with Gasteiger partial charge in [0.2, 0.25) is 0 Å². The third kappa shape index (κ3) is 5.61. The number of nitrogens with zero attached hydrogens (tertiary/aromatic N) is 4. The van der Waals surface area contributed by atoms with Crippen molar-refractivity contribution in [2.45, 2.75) is 0 Å². The molecule has 8 aromatic rings. The van der Waals surface area contributed by atoms with Crippen LogP contribution in [0.15, 0.2) is 203 Å². The first-order valence-electron chi connectivity index (χ1n) is 18.2. The predicted octanol–water partition coefficient (Wildman–Crippen LogP) is 12.3. The minimum absolute atomic E-state index is 0.105. The van der Waals surface area contributed by atoms with Gasteiger partial charge in [0.25, 0.3) is 0 Å². The molecule has 56 heavy (non-hydrogen) atoms. The number of hydrogen-bond acceptors (Lipinski definition) is 4. The van der Waals surface area contributed by atoms with Crippen LogP contribution in [0.4, 0.5) is 0 Å². The molecule has 0 aromatic heterocycles. The molecule has 0 atom stereocenters. The van der Waals surface area contributed by atoms with E-state index in [-0.39, 0.29) is 11.1 Å². The number of fused-ring (bicyclic) bond motifs is 4. The molecule has 0 aliphatic heterocycles. The molecule has 8 aromatic carbocycles. The highest BCUT2D eigenvalue weighted by atomic mass is 14.4. The van der Waals surface area contributed by atoms with E-state index in [4.69, 9.17) is 0 Å². The fraction of sp³-hybridized carbons (Fsp3) is 0. The Bertz CT molecular complexity index is 2860. The number of nitriles is 4. The molecule has 0 unspecified atom stereocenters. The van der Waals surface area contributed by atoms with Gasteiger partial charge in [-0.3, -0.25) is 0 Å². The largest absolute Gasteiger partial charge is 0.192 e. The quantitative estimate of drug-likeness (QED) is 0.170. The van der Waals surface area contributed by atoms with E-state index in [9.17, 15) is 21.0 Å². The van der Waals surface area contributed by atoms with Crippen molar-refractivity contribution in [2.24, 2.45) is 0 Å². The number of hydrogen-bond donors (Lipinski definition) is 0. The molecule has 1 fully saturated rings. The number of benzene rings is 8. The van der Waals surface area contributed by atoms with Crippen LogP contribution < -0.4 is 0 Å². The Hall–Kier alpha value is -8.28. The summed E-state index contributed by atoms with van der Waals surface area (Å²) in [5, 5.41) is 51.1. The average molecular weight is 709 g/mol. The summed E-state index contributed by atoms with van der Waals surface area (Å²) in [6.45, 7) is 0. The lowest BCUT2D eigenvalue weighted by molar-refractivity contribution is 1.19. The maximum absolute atomic E-state index is 10.7. The fourth-order valence-corrected chi connectivity index (χ4v) is 8.00. The van der Waals surface area contributed by atoms with Crippen molar-refractivity contribution in [1.82, 2.24) is 0 Å². The van der Waals surface area contributed by atoms with Crippen LogP contribution in [-0.4, -0.2) is 0 Å². The Morgan fingerprint density at radius 1 is 0.268 bits per heavy atom. The van der Waals surface area contributed by atoms with Gasteiger partial charge in [-0.15, -0.1) is 0 Å². The molecule has 9 rings (SSSR count). The first kappa shape index (κ1) is 33.5. The van der Waals surface area contributed by atoms with Crippen LogP contribution in [0.2, 0.25) is 0 Å². The highest BCUT2D eigenvalue weighted by molar-refractivity contribution is 6.08. The molecule has 1 aliphatic carbocycles. The molecule has 0 heterocycles. The van der Waals surface area contributed by atoms with Crippen LogP contribution in [-0.2, 0) is 0 Å². The van der Waals surface area contributed by atoms with Gasteiger partial charge in [-0.05, 0) is 101 Å². The van der Waals surface area contributed by atoms with Gasteiger partial charge in [-0.1, -0.05) is 146 Å². The van der Waals surface area contributed by atoms with E-state index < -0.39 is 0 Å². The molecule has 0 radical (unpaired) electrons. The van der Waals surface area contributed by atoms with Gasteiger partial charge in [0, 0.05) is 22.3 Å². The minimum atomic E-state index is -0.105. The standard InChI is InChI=1S/C52H28N4/c53-29-45(30-54)49-51(47(41-21-17-33-9-1-5-13-37(33)25-41)42-22-18-34-10-2-6-14-38(34)26-42)50(46(31-55)32-56)52(49)48(43-23-19-35-11-3-7-15-39(35)27-43)44-24-20-36-12-4-8-16-40(36)28-44/h1-28H. The fourth-order valence-electron chi connectivity index (χ4n) is 8.00. The second-order valence-corrected chi connectivity index (χ2v) is 13.7. The molecular formula is C52H28N4. The summed E-state index contributed by atoms with van der Waals surface area (Å²) in [6, 6.07) is 65.8. The number of rotatable bonds is 4. The van der Waals surface area contributed by atoms with Crippen molar-refractivity contribution in [3.8, 4) is 24.3 Å². The zero-order valence-electron chi connectivity index (χ0n) is 30.0. The molecule has 0 bridgehead atoms. The van der Waals surface area contributed by atoms with Gasteiger partial charge in [-0.2, -0.15) is 21.0 Å². The third-order valence-corrected chi connectivity index (χ3v) is 10.6. The van der Waals surface area contributed by atoms with Crippen LogP contribution in [0.5, 0.6) is 0 Å². The Kier molecular flexibility index (Phi) is 8.35. The molecule has 1 aliphatic rings. The van der Waals surface area contributed by atoms with Crippen molar-refractivity contribution in [1.29, 1.82) is 21.0 Å². The molecule has 4 nitrogen and oxygen atoms in total. The van der Waals surface area contributed by atoms with Crippen LogP contribution >= 0.6 is 0 Å². The molecule has 0 spiro atoms. The smallest absolute Gasteiger partial charge is 0.138 e. The summed E-state index contributed by atoms with van der Waals surface area (Å²) in [6.07, 6.45) is 0. The second kappa shape index (κ2) is 13.9. The normalized spacial score (nSPS) is 12.1. The molecular weight excluding hydrogens is 681 g/mol. The zero-order chi connectivity index (χ0) is 38.2. The van der Waals surface area contributed by atoms with Crippen molar-refractivity contribution in [3.63, 3.8) is 0 Å². The van der Waals surface area contributed by atoms with E-state index in [0.29, 0.717) is 22.3 Å². The lowest BCUT2D eigenvalue weighted by Crippen LogP contribution is -2.22. The second-order valence-electron chi connectivity index (χ2n) is 13.7. The Balaban J connectivity index is 1.47. The zero-order valence-corrected chi connectivity index (χ0v) is 30.0. The van der Waals surface area contributed by atoms with Crippen molar-refractivity contribution < 1.29 is 0 Å². The summed E-state index contributed by atoms with van der Waals surface area (Å²) in [7, 11) is 0. The third-order valence-electron chi connectivity index (χ3n) is 10.6. The predicted molar refractivity (Wildman–Crippen MR) is 224 cm³/mol. The summed E-state index contributed by atoms with van der Waals surface area (Å²) in [5.74, 6) is 0. The van der Waals surface area contributed by atoms with Crippen LogP contribution in [0, 0.1) is 45.3 Å². The minimum Gasteiger partial charge on any atom is -0.192 e. The van der Waals surface area contributed by atoms with Gasteiger partial charge < -0.3 is 0 Å². The molecule has 0 amide bonds. The lowest BCUT2D eigenvalue weighted by atomic mass is 9.64. The summed E-state index contributed by atoms with van der Waals surface area (Å²) in [4.78, 5) is 0. The van der Waals surface area contributed by atoms with Gasteiger partial charge in [0.15, 0.2) is 0 Å². The first-order chi connectivity index (χ1) is 27.6. The topological polar surface area (TPSA) is 95.2 Å². The van der Waals surface area contributed by atoms with E-state index >= 15 is 0 Å². The van der Waals surface area contributed by atoms with E-state index in [1.807, 2.05) is 97.1 Å². The Morgan fingerprint density at radius 2 is 0.500 bits per heavy atom. The molecule has 0 saturated heterocycles. The molecule has 1 saturated carbocycles. The lowest BCUT2D eigenvalue weighted by Gasteiger charge is -2.36. The van der Waals surface area contributed by atoms with E-state index in [1.165, 1.54) is 0 Å². The highest BCUT2D eigenvalue weighted by Gasteiger charge is 2.41. The monoisotopic (exact) mass is 708 g/mol. The van der Waals surface area contributed by atoms with Crippen molar-refractivity contribution in [3.05, 3.63) is 226 Å². The highest BCUT2D eigenvalue weighted by Crippen LogP contribution is 2.56. The maximum atomic E-state index is 10.7. The van der Waals surface area contributed by atoms with Crippen LogP contribution in [0.3, 0.4) is 0 Å². The van der Waals surface area contributed by atoms with E-state index in [0.717, 1.165) is 76.5 Å².